The minimum Gasteiger partial charge on any atom is -0.494 e. The fraction of sp³-hybridized carbons (Fsp3) is 0.500. The largest absolute Gasteiger partial charge is 0.494 e. The van der Waals surface area contributed by atoms with Gasteiger partial charge in [-0.3, -0.25) is 0 Å². The van der Waals surface area contributed by atoms with E-state index in [1.54, 1.807) is 7.11 Å². The smallest absolute Gasteiger partial charge is 0.147 e. The lowest BCUT2D eigenvalue weighted by atomic mass is 10.2. The van der Waals surface area contributed by atoms with Crippen molar-refractivity contribution in [1.29, 1.82) is 0 Å². The number of halogens is 2. The van der Waals surface area contributed by atoms with Crippen LogP contribution < -0.4 is 10.1 Å². The molecule has 0 spiro atoms. The van der Waals surface area contributed by atoms with Crippen LogP contribution in [-0.4, -0.2) is 13.2 Å². The number of benzene rings is 1. The second-order valence-electron chi connectivity index (χ2n) is 3.78. The zero-order valence-electron chi connectivity index (χ0n) is 9.81. The lowest BCUT2D eigenvalue weighted by molar-refractivity contribution is 0.409. The van der Waals surface area contributed by atoms with E-state index in [2.05, 4.69) is 63.2 Å². The molecule has 0 fully saturated rings. The van der Waals surface area contributed by atoms with Crippen molar-refractivity contribution in [3.05, 3.63) is 26.6 Å². The van der Waals surface area contributed by atoms with Crippen molar-refractivity contribution in [2.75, 3.05) is 7.11 Å². The zero-order chi connectivity index (χ0) is 12.1. The van der Waals surface area contributed by atoms with Crippen molar-refractivity contribution >= 4 is 31.9 Å². The molecule has 1 unspecified atom stereocenters. The number of rotatable bonds is 5. The minimum atomic E-state index is 0.541. The Hall–Kier alpha value is -0.0600. The summed E-state index contributed by atoms with van der Waals surface area (Å²) in [5.41, 5.74) is 1.24. The molecule has 0 aliphatic carbocycles. The summed E-state index contributed by atoms with van der Waals surface area (Å²) in [4.78, 5) is 0. The van der Waals surface area contributed by atoms with Crippen LogP contribution in [-0.2, 0) is 6.54 Å². The molecule has 16 heavy (non-hydrogen) atoms. The predicted octanol–water partition coefficient (Wildman–Crippen LogP) is 4.11. The zero-order valence-corrected chi connectivity index (χ0v) is 13.0. The van der Waals surface area contributed by atoms with E-state index >= 15 is 0 Å². The second-order valence-corrected chi connectivity index (χ2v) is 5.49. The summed E-state index contributed by atoms with van der Waals surface area (Å²) in [6.07, 6.45) is 1.14. The average Bonchev–Trinajstić information content (AvgIpc) is 2.25. The van der Waals surface area contributed by atoms with Crippen LogP contribution in [0.1, 0.15) is 25.8 Å². The third-order valence-electron chi connectivity index (χ3n) is 2.53. The van der Waals surface area contributed by atoms with Gasteiger partial charge in [0.25, 0.3) is 0 Å². The van der Waals surface area contributed by atoms with E-state index in [0.29, 0.717) is 6.04 Å². The van der Waals surface area contributed by atoms with Crippen molar-refractivity contribution in [3.8, 4) is 5.75 Å². The molecule has 0 saturated carbocycles. The van der Waals surface area contributed by atoms with Gasteiger partial charge in [0.2, 0.25) is 0 Å². The fourth-order valence-electron chi connectivity index (χ4n) is 1.35. The third-order valence-corrected chi connectivity index (χ3v) is 3.71. The molecule has 1 N–H and O–H groups in total. The van der Waals surface area contributed by atoms with Gasteiger partial charge >= 0.3 is 0 Å². The Bertz CT molecular complexity index is 332. The molecule has 90 valence electrons. The van der Waals surface area contributed by atoms with E-state index in [-0.39, 0.29) is 0 Å². The summed E-state index contributed by atoms with van der Waals surface area (Å²) >= 11 is 7.00. The van der Waals surface area contributed by atoms with Crippen molar-refractivity contribution in [3.63, 3.8) is 0 Å². The number of nitrogens with one attached hydrogen (secondary N) is 1. The summed E-state index contributed by atoms with van der Waals surface area (Å²) < 4.78 is 7.22. The Balaban J connectivity index is 2.76. The summed E-state index contributed by atoms with van der Waals surface area (Å²) in [5.74, 6) is 0.840. The van der Waals surface area contributed by atoms with Gasteiger partial charge in [0.05, 0.1) is 16.1 Å². The average molecular weight is 351 g/mol. The van der Waals surface area contributed by atoms with Crippen molar-refractivity contribution in [2.45, 2.75) is 32.9 Å². The molecule has 2 nitrogen and oxygen atoms in total. The van der Waals surface area contributed by atoms with Crippen LogP contribution in [0.5, 0.6) is 5.75 Å². The molecule has 0 aromatic heterocycles. The first kappa shape index (κ1) is 14.0. The molecule has 1 atom stereocenters. The van der Waals surface area contributed by atoms with Crippen LogP contribution in [0.3, 0.4) is 0 Å². The number of hydrogen-bond acceptors (Lipinski definition) is 2. The molecule has 0 bridgehead atoms. The van der Waals surface area contributed by atoms with Crippen LogP contribution in [0.15, 0.2) is 21.1 Å². The van der Waals surface area contributed by atoms with Gasteiger partial charge in [-0.1, -0.05) is 6.92 Å². The van der Waals surface area contributed by atoms with E-state index in [9.17, 15) is 0 Å². The van der Waals surface area contributed by atoms with Crippen LogP contribution in [0, 0.1) is 0 Å². The summed E-state index contributed by atoms with van der Waals surface area (Å²) in [5, 5.41) is 3.46. The first-order valence-corrected chi connectivity index (χ1v) is 6.92. The molecule has 0 saturated heterocycles. The van der Waals surface area contributed by atoms with Gasteiger partial charge in [-0.2, -0.15) is 0 Å². The van der Waals surface area contributed by atoms with E-state index in [1.807, 2.05) is 0 Å². The standard InChI is InChI=1S/C12H17Br2NO/c1-4-8(2)15-7-9-5-10(13)12(16-3)11(14)6-9/h5-6,8,15H,4,7H2,1-3H3. The normalized spacial score (nSPS) is 12.6. The molecule has 0 aliphatic heterocycles. The molecule has 0 heterocycles. The second kappa shape index (κ2) is 6.62. The van der Waals surface area contributed by atoms with Crippen molar-refractivity contribution < 1.29 is 4.74 Å². The van der Waals surface area contributed by atoms with E-state index in [0.717, 1.165) is 27.7 Å². The Morgan fingerprint density at radius 1 is 1.31 bits per heavy atom. The van der Waals surface area contributed by atoms with Crippen LogP contribution in [0.25, 0.3) is 0 Å². The van der Waals surface area contributed by atoms with E-state index in [4.69, 9.17) is 4.74 Å². The van der Waals surface area contributed by atoms with Crippen LogP contribution >= 0.6 is 31.9 Å². The van der Waals surface area contributed by atoms with Crippen LogP contribution in [0.2, 0.25) is 0 Å². The highest BCUT2D eigenvalue weighted by Gasteiger charge is 2.08. The highest BCUT2D eigenvalue weighted by atomic mass is 79.9. The summed E-state index contributed by atoms with van der Waals surface area (Å²) in [7, 11) is 1.67. The first-order chi connectivity index (χ1) is 7.58. The maximum absolute atomic E-state index is 5.26. The summed E-state index contributed by atoms with van der Waals surface area (Å²) in [6.45, 7) is 5.24. The van der Waals surface area contributed by atoms with Crippen LogP contribution in [0.4, 0.5) is 0 Å². The molecule has 0 aliphatic rings. The Morgan fingerprint density at radius 2 is 1.88 bits per heavy atom. The molecule has 1 aromatic rings. The highest BCUT2D eigenvalue weighted by Crippen LogP contribution is 2.34. The number of hydrogen-bond donors (Lipinski definition) is 1. The Labute approximate surface area is 114 Å². The molecule has 0 amide bonds. The van der Waals surface area contributed by atoms with Gasteiger partial charge < -0.3 is 10.1 Å². The van der Waals surface area contributed by atoms with Gasteiger partial charge in [0.1, 0.15) is 5.75 Å². The molecular weight excluding hydrogens is 334 g/mol. The maximum Gasteiger partial charge on any atom is 0.147 e. The SMILES string of the molecule is CCC(C)NCc1cc(Br)c(OC)c(Br)c1. The molecule has 0 radical (unpaired) electrons. The Morgan fingerprint density at radius 3 is 2.31 bits per heavy atom. The molecular formula is C12H17Br2NO. The molecule has 4 heteroatoms. The monoisotopic (exact) mass is 349 g/mol. The molecule has 1 aromatic carbocycles. The van der Waals surface area contributed by atoms with Gasteiger partial charge in [-0.05, 0) is 62.9 Å². The topological polar surface area (TPSA) is 21.3 Å². The minimum absolute atomic E-state index is 0.541. The van der Waals surface area contributed by atoms with Gasteiger partial charge in [-0.25, -0.2) is 0 Å². The van der Waals surface area contributed by atoms with Gasteiger partial charge in [0, 0.05) is 12.6 Å². The number of ether oxygens (including phenoxy) is 1. The van der Waals surface area contributed by atoms with Gasteiger partial charge in [0.15, 0.2) is 0 Å². The first-order valence-electron chi connectivity index (χ1n) is 5.33. The predicted molar refractivity (Wildman–Crippen MR) is 75.0 cm³/mol. The quantitative estimate of drug-likeness (QED) is 0.862. The Kier molecular flexibility index (Phi) is 5.79. The fourth-order valence-corrected chi connectivity index (χ4v) is 2.95. The van der Waals surface area contributed by atoms with E-state index < -0.39 is 0 Å². The van der Waals surface area contributed by atoms with Gasteiger partial charge in [-0.15, -0.1) is 0 Å². The van der Waals surface area contributed by atoms with E-state index in [1.165, 1.54) is 5.56 Å². The maximum atomic E-state index is 5.26. The highest BCUT2D eigenvalue weighted by molar-refractivity contribution is 9.11. The molecule has 1 rings (SSSR count). The lowest BCUT2D eigenvalue weighted by Gasteiger charge is -2.13. The third kappa shape index (κ3) is 3.75. The van der Waals surface area contributed by atoms with Crippen molar-refractivity contribution in [2.24, 2.45) is 0 Å². The lowest BCUT2D eigenvalue weighted by Crippen LogP contribution is -2.24. The summed E-state index contributed by atoms with van der Waals surface area (Å²) in [6, 6.07) is 4.71. The number of methoxy groups -OCH3 is 1. The van der Waals surface area contributed by atoms with Crippen molar-refractivity contribution in [1.82, 2.24) is 5.32 Å².